The maximum atomic E-state index is 10.1. The summed E-state index contributed by atoms with van der Waals surface area (Å²) in [5.41, 5.74) is 0. The molecule has 6 nitrogen and oxygen atoms in total. The quantitative estimate of drug-likeness (QED) is 0.0351. The second kappa shape index (κ2) is 46.3. The van der Waals surface area contributed by atoms with Gasteiger partial charge in [0, 0.05) is 5.97 Å². The van der Waals surface area contributed by atoms with Crippen LogP contribution in [0.25, 0.3) is 0 Å². The molecule has 0 aromatic rings. The van der Waals surface area contributed by atoms with Crippen molar-refractivity contribution in [2.24, 2.45) is 0 Å². The molecule has 6 heteroatoms. The molecule has 0 aliphatic rings. The fraction of sp³-hybridized carbons (Fsp3) is 0.920. The number of carbonyl (C=O) groups is 2. The summed E-state index contributed by atoms with van der Waals surface area (Å²) in [6.07, 6.45) is 50.0. The van der Waals surface area contributed by atoms with E-state index in [9.17, 15) is 19.8 Å². The number of nitrogens with zero attached hydrogens (tertiary/aromatic N) is 2. The molecule has 0 fully saturated rings. The van der Waals surface area contributed by atoms with Crippen LogP contribution >= 0.6 is 0 Å². The lowest BCUT2D eigenvalue weighted by Crippen LogP contribution is -2.35. The van der Waals surface area contributed by atoms with Gasteiger partial charge in [0.05, 0.1) is 61.3 Å². The highest BCUT2D eigenvalue weighted by molar-refractivity contribution is 5.77. The Morgan fingerprint density at radius 1 is 0.375 bits per heavy atom. The van der Waals surface area contributed by atoms with E-state index in [-0.39, 0.29) is 6.42 Å². The average molecular weight is 795 g/mol. The predicted molar refractivity (Wildman–Crippen MR) is 243 cm³/mol. The van der Waals surface area contributed by atoms with Crippen LogP contribution in [0.5, 0.6) is 0 Å². The molecule has 0 radical (unpaired) electrons. The van der Waals surface area contributed by atoms with Gasteiger partial charge in [0.25, 0.3) is 0 Å². The van der Waals surface area contributed by atoms with Crippen molar-refractivity contribution in [1.29, 1.82) is 0 Å². The van der Waals surface area contributed by atoms with Gasteiger partial charge in [-0.1, -0.05) is 200 Å². The minimum Gasteiger partial charge on any atom is -0.550 e. The van der Waals surface area contributed by atoms with E-state index in [1.54, 1.807) is 6.08 Å². The Morgan fingerprint density at radius 2 is 0.625 bits per heavy atom. The number of allylic oxidation sites excluding steroid dienone is 1. The standard InChI is InChI=1S/2C19H42N.C12H20O4/c2*1-5-6-7-8-9-10-11-12-13-14-15-16-17-18-19-20(2,3)4;13-11(14)9-7-5-3-1-2-4-6-8-10-12(15)16/h2*5-19H2,1-4H3;7,9H,1-6,8,10H2,(H,13,14)(H,15,16)/q2*+1;/p-2/b;;9-7+. The number of unbranched alkanes of at least 4 members (excludes halogenated alkanes) is 32. The van der Waals surface area contributed by atoms with Crippen LogP contribution in [0.3, 0.4) is 0 Å². The summed E-state index contributed by atoms with van der Waals surface area (Å²) < 4.78 is 2.25. The van der Waals surface area contributed by atoms with Crippen molar-refractivity contribution in [2.75, 3.05) is 55.4 Å². The average Bonchev–Trinajstić information content (AvgIpc) is 3.12. The Bertz CT molecular complexity index is 773. The Balaban J connectivity index is -0.000000758. The first-order valence-electron chi connectivity index (χ1n) is 24.4. The molecule has 0 bridgehead atoms. The van der Waals surface area contributed by atoms with E-state index in [4.69, 9.17) is 0 Å². The van der Waals surface area contributed by atoms with Crippen molar-refractivity contribution in [3.63, 3.8) is 0 Å². The molecule has 0 unspecified atom stereocenters. The van der Waals surface area contributed by atoms with Crippen molar-refractivity contribution >= 4 is 11.9 Å². The van der Waals surface area contributed by atoms with E-state index in [2.05, 4.69) is 56.1 Å². The van der Waals surface area contributed by atoms with E-state index in [0.717, 1.165) is 53.6 Å². The molecule has 0 amide bonds. The van der Waals surface area contributed by atoms with Gasteiger partial charge < -0.3 is 28.8 Å². The molecule has 0 aliphatic carbocycles. The van der Waals surface area contributed by atoms with Gasteiger partial charge >= 0.3 is 0 Å². The Hall–Kier alpha value is -1.40. The number of carboxylic acid groups (broad SMARTS) is 2. The van der Waals surface area contributed by atoms with Crippen LogP contribution in [0.1, 0.15) is 245 Å². The fourth-order valence-corrected chi connectivity index (χ4v) is 6.98. The van der Waals surface area contributed by atoms with Crippen molar-refractivity contribution in [3.05, 3.63) is 12.2 Å². The van der Waals surface area contributed by atoms with E-state index in [0.29, 0.717) is 6.42 Å². The molecule has 0 saturated heterocycles. The summed E-state index contributed by atoms with van der Waals surface area (Å²) in [6.45, 7) is 7.25. The van der Waals surface area contributed by atoms with Gasteiger partial charge in [-0.3, -0.25) is 0 Å². The highest BCUT2D eigenvalue weighted by Gasteiger charge is 2.06. The van der Waals surface area contributed by atoms with Crippen LogP contribution in [0.15, 0.2) is 12.2 Å². The molecule has 0 aromatic carbocycles. The highest BCUT2D eigenvalue weighted by Crippen LogP contribution is 2.15. The third-order valence-corrected chi connectivity index (χ3v) is 10.6. The zero-order valence-corrected chi connectivity index (χ0v) is 39.6. The Labute approximate surface area is 352 Å². The minimum atomic E-state index is -1.15. The van der Waals surface area contributed by atoms with Crippen LogP contribution in [-0.4, -0.2) is 76.3 Å². The summed E-state index contributed by atoms with van der Waals surface area (Å²) in [7, 11) is 13.8. The van der Waals surface area contributed by atoms with Crippen molar-refractivity contribution in [1.82, 2.24) is 0 Å². The number of aliphatic carboxylic acids is 2. The molecule has 0 spiro atoms. The molecule has 336 valence electrons. The first-order valence-corrected chi connectivity index (χ1v) is 24.4. The monoisotopic (exact) mass is 795 g/mol. The number of carbonyl (C=O) groups excluding carboxylic acids is 2. The smallest absolute Gasteiger partial charge is 0.0780 e. The van der Waals surface area contributed by atoms with Gasteiger partial charge in [0.2, 0.25) is 0 Å². The summed E-state index contributed by atoms with van der Waals surface area (Å²) >= 11 is 0. The molecule has 0 heterocycles. The summed E-state index contributed by atoms with van der Waals surface area (Å²) in [4.78, 5) is 20.1. The number of hydrogen-bond acceptors (Lipinski definition) is 4. The van der Waals surface area contributed by atoms with E-state index in [1.807, 2.05) is 0 Å². The molecule has 0 N–H and O–H groups in total. The number of carboxylic acids is 2. The van der Waals surface area contributed by atoms with Gasteiger partial charge in [0.15, 0.2) is 0 Å². The molecular weight excluding hydrogens is 693 g/mol. The second-order valence-electron chi connectivity index (χ2n) is 19.0. The van der Waals surface area contributed by atoms with Crippen molar-refractivity contribution in [3.8, 4) is 0 Å². The highest BCUT2D eigenvalue weighted by atomic mass is 16.4. The van der Waals surface area contributed by atoms with E-state index < -0.39 is 11.9 Å². The maximum Gasteiger partial charge on any atom is 0.0780 e. The van der Waals surface area contributed by atoms with Gasteiger partial charge in [-0.2, -0.15) is 0 Å². The van der Waals surface area contributed by atoms with Crippen LogP contribution < -0.4 is 10.2 Å². The van der Waals surface area contributed by atoms with Crippen LogP contribution in [-0.2, 0) is 9.59 Å². The Morgan fingerprint density at radius 3 is 0.875 bits per heavy atom. The lowest BCUT2D eigenvalue weighted by Gasteiger charge is -2.23. The maximum absolute atomic E-state index is 10.1. The van der Waals surface area contributed by atoms with Crippen LogP contribution in [0, 0.1) is 0 Å². The summed E-state index contributed by atoms with van der Waals surface area (Å²) in [6, 6.07) is 0. The molecule has 0 rings (SSSR count). The zero-order chi connectivity index (χ0) is 42.4. The molecule has 0 atom stereocenters. The van der Waals surface area contributed by atoms with Crippen molar-refractivity contribution < 1.29 is 28.8 Å². The number of rotatable bonds is 40. The summed E-state index contributed by atoms with van der Waals surface area (Å²) in [5, 5.41) is 20.1. The van der Waals surface area contributed by atoms with Gasteiger partial charge in [-0.05, 0) is 57.4 Å². The lowest BCUT2D eigenvalue weighted by molar-refractivity contribution is -0.870. The minimum absolute atomic E-state index is 0.147. The fourth-order valence-electron chi connectivity index (χ4n) is 6.98. The first kappa shape index (κ1) is 58.9. The largest absolute Gasteiger partial charge is 0.550 e. The topological polar surface area (TPSA) is 80.3 Å². The molecule has 0 saturated carbocycles. The molecule has 0 aromatic heterocycles. The SMILES string of the molecule is CCCCCCCCCCCCCCCC[N+](C)(C)C.CCCCCCCCCCCCCCCC[N+](C)(C)C.O=C([O-])/C=C/CCCCCCCCC(=O)[O-]. The van der Waals surface area contributed by atoms with Crippen molar-refractivity contribution in [2.45, 2.75) is 245 Å². The molecule has 0 aliphatic heterocycles. The zero-order valence-electron chi connectivity index (χ0n) is 39.6. The first-order chi connectivity index (χ1) is 26.7. The second-order valence-corrected chi connectivity index (χ2v) is 19.0. The predicted octanol–water partition coefficient (Wildman–Crippen LogP) is 12.5. The molecule has 56 heavy (non-hydrogen) atoms. The van der Waals surface area contributed by atoms with Crippen LogP contribution in [0.2, 0.25) is 0 Å². The van der Waals surface area contributed by atoms with E-state index >= 15 is 0 Å². The van der Waals surface area contributed by atoms with Gasteiger partial charge in [-0.25, -0.2) is 0 Å². The van der Waals surface area contributed by atoms with Gasteiger partial charge in [-0.15, -0.1) is 0 Å². The third-order valence-electron chi connectivity index (χ3n) is 10.6. The van der Waals surface area contributed by atoms with Crippen LogP contribution in [0.4, 0.5) is 0 Å². The lowest BCUT2D eigenvalue weighted by atomic mass is 10.0. The molecular formula is C50H102N2O4. The normalized spacial score (nSPS) is 11.6. The third kappa shape index (κ3) is 67.4. The Kier molecular flexibility index (Phi) is 48.7. The number of quaternary nitrogens is 2. The van der Waals surface area contributed by atoms with E-state index in [1.165, 1.54) is 193 Å². The number of hydrogen-bond donors (Lipinski definition) is 0. The summed E-state index contributed by atoms with van der Waals surface area (Å²) in [5.74, 6) is -2.13. The van der Waals surface area contributed by atoms with Gasteiger partial charge in [0.1, 0.15) is 0 Å².